The van der Waals surface area contributed by atoms with Crippen LogP contribution in [0.15, 0.2) is 24.3 Å². The number of carboxylic acids is 1. The summed E-state index contributed by atoms with van der Waals surface area (Å²) in [6, 6.07) is -0.678. The Hall–Kier alpha value is -4.24. The Morgan fingerprint density at radius 1 is 0.833 bits per heavy atom. The largest absolute Gasteiger partial charge is 0.508 e. The summed E-state index contributed by atoms with van der Waals surface area (Å²) in [4.78, 5) is 71.7. The van der Waals surface area contributed by atoms with Gasteiger partial charge in [-0.1, -0.05) is 12.1 Å². The number of nitrogens with two attached hydrogens (primary N) is 3. The molecule has 15 nitrogen and oxygen atoms in total. The Labute approximate surface area is 205 Å². The Bertz CT molecular complexity index is 983. The van der Waals surface area contributed by atoms with Crippen LogP contribution in [0.5, 0.6) is 5.75 Å². The molecular weight excluding hydrogens is 480 g/mol. The number of hydrogen-bond acceptors (Lipinski definition) is 9. The number of phenols is 1. The second-order valence-electron chi connectivity index (χ2n) is 8.01. The van der Waals surface area contributed by atoms with Gasteiger partial charge in [-0.3, -0.25) is 24.0 Å². The maximum Gasteiger partial charge on any atom is 0.326 e. The number of aromatic hydroxyl groups is 1. The lowest BCUT2D eigenvalue weighted by Gasteiger charge is -2.26. The minimum absolute atomic E-state index is 0.0470. The third-order valence-corrected chi connectivity index (χ3v) is 4.85. The second-order valence-corrected chi connectivity index (χ2v) is 8.01. The van der Waals surface area contributed by atoms with Crippen molar-refractivity contribution in [3.05, 3.63) is 29.8 Å². The normalized spacial score (nSPS) is 14.9. The molecule has 1 aromatic carbocycles. The first-order valence-corrected chi connectivity index (χ1v) is 10.6. The molecule has 0 saturated heterocycles. The molecule has 0 bridgehead atoms. The summed E-state index contributed by atoms with van der Waals surface area (Å²) in [6.45, 7) is 1.14. The molecule has 12 N–H and O–H groups in total. The van der Waals surface area contributed by atoms with Crippen LogP contribution in [0.4, 0.5) is 0 Å². The van der Waals surface area contributed by atoms with Gasteiger partial charge in [0.15, 0.2) is 0 Å². The van der Waals surface area contributed by atoms with E-state index in [2.05, 4.69) is 16.0 Å². The number of phenolic OH excluding ortho intramolecular Hbond substituents is 1. The zero-order chi connectivity index (χ0) is 27.6. The Kier molecular flexibility index (Phi) is 11.3. The van der Waals surface area contributed by atoms with Gasteiger partial charge in [0, 0.05) is 6.42 Å². The highest BCUT2D eigenvalue weighted by Gasteiger charge is 2.33. The van der Waals surface area contributed by atoms with Crippen LogP contribution >= 0.6 is 0 Å². The number of aliphatic hydroxyl groups is 1. The number of aliphatic hydroxyl groups excluding tert-OH is 1. The van der Waals surface area contributed by atoms with Crippen molar-refractivity contribution in [2.24, 2.45) is 17.2 Å². The number of nitrogens with one attached hydrogen (secondary N) is 3. The molecule has 5 unspecified atom stereocenters. The number of carbonyl (C=O) groups excluding carboxylic acids is 5. The summed E-state index contributed by atoms with van der Waals surface area (Å²) in [5.74, 6) is -6.54. The molecule has 0 radical (unpaired) electrons. The lowest BCUT2D eigenvalue weighted by Crippen LogP contribution is -2.60. The Balaban J connectivity index is 3.00. The quantitative estimate of drug-likeness (QED) is 0.117. The summed E-state index contributed by atoms with van der Waals surface area (Å²) in [5, 5.41) is 35.2. The third kappa shape index (κ3) is 9.94. The number of carboxylic acid groups (broad SMARTS) is 1. The van der Waals surface area contributed by atoms with Gasteiger partial charge in [0.05, 0.1) is 25.0 Å². The molecule has 0 aliphatic carbocycles. The minimum atomic E-state index is -1.66. The first kappa shape index (κ1) is 29.8. The molecule has 198 valence electrons. The van der Waals surface area contributed by atoms with E-state index in [4.69, 9.17) is 17.2 Å². The fraction of sp³-hybridized carbons (Fsp3) is 0.429. The number of carbonyl (C=O) groups is 6. The summed E-state index contributed by atoms with van der Waals surface area (Å²) in [5.41, 5.74) is 16.1. The average Bonchev–Trinajstić information content (AvgIpc) is 2.76. The van der Waals surface area contributed by atoms with Gasteiger partial charge in [-0.05, 0) is 24.6 Å². The van der Waals surface area contributed by atoms with Gasteiger partial charge >= 0.3 is 5.97 Å². The highest BCUT2D eigenvalue weighted by atomic mass is 16.4. The molecule has 0 aromatic heterocycles. The molecule has 15 heteroatoms. The van der Waals surface area contributed by atoms with Crippen molar-refractivity contribution in [2.45, 2.75) is 56.5 Å². The SMILES string of the molecule is CC(O)C(NC(=O)C(N)CC(N)=O)C(=O)NC(CC(N)=O)C(=O)NC(Cc1ccc(O)cc1)C(=O)O. The first-order valence-electron chi connectivity index (χ1n) is 10.6. The van der Waals surface area contributed by atoms with Crippen molar-refractivity contribution < 1.29 is 44.1 Å². The van der Waals surface area contributed by atoms with Gasteiger partial charge in [0.1, 0.15) is 23.9 Å². The monoisotopic (exact) mass is 510 g/mol. The van der Waals surface area contributed by atoms with Crippen LogP contribution < -0.4 is 33.2 Å². The molecule has 1 rings (SSSR count). The molecule has 5 amide bonds. The standard InChI is InChI=1S/C21H30N6O9/c1-9(28)17(27-18(32)12(22)7-15(23)30)20(34)25-13(8-16(24)31)19(33)26-14(21(35)36)6-10-2-4-11(29)5-3-10/h2-5,9,12-14,17,28-29H,6-8,22H2,1H3,(H2,23,30)(H2,24,31)(H,25,34)(H,26,33)(H,27,32)(H,35,36). The number of aliphatic carboxylic acids is 1. The topological polar surface area (TPSA) is 277 Å². The Morgan fingerprint density at radius 2 is 1.36 bits per heavy atom. The van der Waals surface area contributed by atoms with E-state index in [1.165, 1.54) is 24.3 Å². The van der Waals surface area contributed by atoms with Crippen LogP contribution in [0.3, 0.4) is 0 Å². The fourth-order valence-electron chi connectivity index (χ4n) is 2.99. The van der Waals surface area contributed by atoms with Crippen LogP contribution in [0.2, 0.25) is 0 Å². The van der Waals surface area contributed by atoms with E-state index in [9.17, 15) is 44.1 Å². The fourth-order valence-corrected chi connectivity index (χ4v) is 2.99. The molecule has 0 saturated carbocycles. The molecule has 0 heterocycles. The van der Waals surface area contributed by atoms with E-state index < -0.39 is 78.6 Å². The zero-order valence-corrected chi connectivity index (χ0v) is 19.3. The lowest BCUT2D eigenvalue weighted by molar-refractivity contribution is -0.142. The summed E-state index contributed by atoms with van der Waals surface area (Å²) >= 11 is 0. The van der Waals surface area contributed by atoms with Crippen molar-refractivity contribution in [1.29, 1.82) is 0 Å². The molecule has 0 fully saturated rings. The maximum atomic E-state index is 12.8. The molecule has 0 aliphatic rings. The van der Waals surface area contributed by atoms with E-state index in [0.29, 0.717) is 5.56 Å². The molecule has 0 spiro atoms. The van der Waals surface area contributed by atoms with Crippen molar-refractivity contribution in [1.82, 2.24) is 16.0 Å². The Morgan fingerprint density at radius 3 is 1.83 bits per heavy atom. The second kappa shape index (κ2) is 13.6. The van der Waals surface area contributed by atoms with Gasteiger partial charge in [0.25, 0.3) is 0 Å². The zero-order valence-electron chi connectivity index (χ0n) is 19.3. The van der Waals surface area contributed by atoms with Crippen LogP contribution in [0, 0.1) is 0 Å². The van der Waals surface area contributed by atoms with Crippen LogP contribution in [0.1, 0.15) is 25.3 Å². The smallest absolute Gasteiger partial charge is 0.326 e. The molecule has 0 aliphatic heterocycles. The highest BCUT2D eigenvalue weighted by molar-refractivity contribution is 5.96. The summed E-state index contributed by atoms with van der Waals surface area (Å²) < 4.78 is 0. The number of primary amides is 2. The predicted molar refractivity (Wildman–Crippen MR) is 123 cm³/mol. The molecule has 36 heavy (non-hydrogen) atoms. The van der Waals surface area contributed by atoms with Crippen LogP contribution in [-0.4, -0.2) is 81.1 Å². The van der Waals surface area contributed by atoms with Gasteiger partial charge in [-0.25, -0.2) is 4.79 Å². The average molecular weight is 511 g/mol. The van der Waals surface area contributed by atoms with Gasteiger partial charge in [-0.15, -0.1) is 0 Å². The van der Waals surface area contributed by atoms with E-state index in [-0.39, 0.29) is 12.2 Å². The van der Waals surface area contributed by atoms with Crippen LogP contribution in [0.25, 0.3) is 0 Å². The lowest BCUT2D eigenvalue weighted by atomic mass is 10.0. The van der Waals surface area contributed by atoms with E-state index in [0.717, 1.165) is 6.92 Å². The molecular formula is C21H30N6O9. The van der Waals surface area contributed by atoms with Gasteiger partial charge < -0.3 is 48.5 Å². The van der Waals surface area contributed by atoms with Crippen molar-refractivity contribution >= 4 is 35.5 Å². The van der Waals surface area contributed by atoms with Crippen molar-refractivity contribution in [3.63, 3.8) is 0 Å². The van der Waals surface area contributed by atoms with Crippen molar-refractivity contribution in [2.75, 3.05) is 0 Å². The molecule has 5 atom stereocenters. The number of benzene rings is 1. The van der Waals surface area contributed by atoms with Gasteiger partial charge in [-0.2, -0.15) is 0 Å². The number of amides is 5. The number of hydrogen-bond donors (Lipinski definition) is 9. The first-order chi connectivity index (χ1) is 16.7. The van der Waals surface area contributed by atoms with E-state index in [1.54, 1.807) is 0 Å². The number of rotatable bonds is 14. The third-order valence-electron chi connectivity index (χ3n) is 4.85. The van der Waals surface area contributed by atoms with Crippen molar-refractivity contribution in [3.8, 4) is 5.75 Å². The predicted octanol–water partition coefficient (Wildman–Crippen LogP) is -4.07. The maximum absolute atomic E-state index is 12.8. The highest BCUT2D eigenvalue weighted by Crippen LogP contribution is 2.12. The van der Waals surface area contributed by atoms with Gasteiger partial charge in [0.2, 0.25) is 29.5 Å². The minimum Gasteiger partial charge on any atom is -0.508 e. The summed E-state index contributed by atoms with van der Waals surface area (Å²) in [6.07, 6.45) is -2.97. The molecule has 1 aromatic rings. The van der Waals surface area contributed by atoms with Crippen LogP contribution in [-0.2, 0) is 35.2 Å². The van der Waals surface area contributed by atoms with E-state index >= 15 is 0 Å². The van der Waals surface area contributed by atoms with E-state index in [1.807, 2.05) is 0 Å². The summed E-state index contributed by atoms with van der Waals surface area (Å²) in [7, 11) is 0.